The third-order valence-electron chi connectivity index (χ3n) is 5.12. The number of carbonyl (C=O) groups is 1. The monoisotopic (exact) mass is 257 g/mol. The normalized spacial score (nSPS) is 28.9. The molecule has 2 unspecified atom stereocenters. The van der Waals surface area contributed by atoms with Gasteiger partial charge in [0.2, 0.25) is 0 Å². The van der Waals surface area contributed by atoms with Crippen LogP contribution in [0.25, 0.3) is 0 Å². The molecule has 1 N–H and O–H groups in total. The lowest BCUT2D eigenvalue weighted by molar-refractivity contribution is -0.132. The summed E-state index contributed by atoms with van der Waals surface area (Å²) in [5, 5.41) is 3.38. The molecule has 19 heavy (non-hydrogen) atoms. The van der Waals surface area contributed by atoms with Crippen molar-refractivity contribution in [3.05, 3.63) is 35.9 Å². The molecule has 0 aromatic heterocycles. The number of hydrogen-bond acceptors (Lipinski definition) is 2. The molecule has 0 spiro atoms. The average Bonchev–Trinajstić information content (AvgIpc) is 3.28. The van der Waals surface area contributed by atoms with Crippen molar-refractivity contribution in [1.82, 2.24) is 5.32 Å². The third kappa shape index (κ3) is 2.34. The Morgan fingerprint density at radius 1 is 1.26 bits per heavy atom. The highest BCUT2D eigenvalue weighted by atomic mass is 16.1. The number of Topliss-reactive ketones (excluding diaryl/α,β-unsaturated/α-hetero) is 1. The molecule has 0 amide bonds. The maximum absolute atomic E-state index is 12.9. The Labute approximate surface area is 115 Å². The molecule has 3 rings (SSSR count). The lowest BCUT2D eigenvalue weighted by Gasteiger charge is -2.35. The van der Waals surface area contributed by atoms with E-state index in [0.29, 0.717) is 17.6 Å². The van der Waals surface area contributed by atoms with Crippen molar-refractivity contribution in [2.75, 3.05) is 13.1 Å². The van der Waals surface area contributed by atoms with Gasteiger partial charge >= 0.3 is 0 Å². The first-order chi connectivity index (χ1) is 9.27. The molecule has 1 aliphatic carbocycles. The van der Waals surface area contributed by atoms with Crippen LogP contribution in [-0.2, 0) is 4.79 Å². The van der Waals surface area contributed by atoms with E-state index in [1.807, 2.05) is 6.07 Å². The van der Waals surface area contributed by atoms with Crippen LogP contribution in [0.15, 0.2) is 30.3 Å². The fourth-order valence-corrected chi connectivity index (χ4v) is 3.63. The molecule has 0 bridgehead atoms. The van der Waals surface area contributed by atoms with Gasteiger partial charge in [-0.3, -0.25) is 4.79 Å². The Balaban J connectivity index is 1.72. The van der Waals surface area contributed by atoms with Gasteiger partial charge in [-0.2, -0.15) is 0 Å². The number of rotatable bonds is 4. The molecule has 2 heteroatoms. The predicted molar refractivity (Wildman–Crippen MR) is 77.1 cm³/mol. The van der Waals surface area contributed by atoms with E-state index in [2.05, 4.69) is 36.5 Å². The standard InChI is InChI=1S/C17H23NO/c1-2-17(8-10-18-11-9-17)16(19)15-12-14(15)13-6-4-3-5-7-13/h3-7,14-15,18H,2,8-12H2,1H3. The van der Waals surface area contributed by atoms with Crippen LogP contribution < -0.4 is 5.32 Å². The Bertz CT molecular complexity index is 448. The van der Waals surface area contributed by atoms with Crippen molar-refractivity contribution < 1.29 is 4.79 Å². The second kappa shape index (κ2) is 5.09. The summed E-state index contributed by atoms with van der Waals surface area (Å²) in [5.74, 6) is 1.33. The topological polar surface area (TPSA) is 29.1 Å². The van der Waals surface area contributed by atoms with Crippen LogP contribution in [0.5, 0.6) is 0 Å². The minimum atomic E-state index is -0.0283. The Morgan fingerprint density at radius 2 is 1.95 bits per heavy atom. The lowest BCUT2D eigenvalue weighted by atomic mass is 9.71. The van der Waals surface area contributed by atoms with Crippen molar-refractivity contribution in [3.8, 4) is 0 Å². The Hall–Kier alpha value is -1.15. The molecular weight excluding hydrogens is 234 g/mol. The molecule has 2 aliphatic rings. The van der Waals surface area contributed by atoms with Crippen LogP contribution in [0, 0.1) is 11.3 Å². The average molecular weight is 257 g/mol. The van der Waals surface area contributed by atoms with E-state index in [0.717, 1.165) is 38.8 Å². The summed E-state index contributed by atoms with van der Waals surface area (Å²) >= 11 is 0. The molecule has 1 saturated carbocycles. The first-order valence-electron chi connectivity index (χ1n) is 7.57. The van der Waals surface area contributed by atoms with Crippen molar-refractivity contribution >= 4 is 5.78 Å². The van der Waals surface area contributed by atoms with Crippen molar-refractivity contribution in [2.45, 2.75) is 38.5 Å². The zero-order valence-electron chi connectivity index (χ0n) is 11.7. The number of benzene rings is 1. The van der Waals surface area contributed by atoms with Crippen molar-refractivity contribution in [3.63, 3.8) is 0 Å². The fourth-order valence-electron chi connectivity index (χ4n) is 3.63. The summed E-state index contributed by atoms with van der Waals surface area (Å²) in [4.78, 5) is 12.9. The molecule has 2 nitrogen and oxygen atoms in total. The molecule has 2 fully saturated rings. The fraction of sp³-hybridized carbons (Fsp3) is 0.588. The third-order valence-corrected chi connectivity index (χ3v) is 5.12. The Morgan fingerprint density at radius 3 is 2.58 bits per heavy atom. The van der Waals surface area contributed by atoms with E-state index in [-0.39, 0.29) is 5.41 Å². The van der Waals surface area contributed by atoms with Crippen molar-refractivity contribution in [1.29, 1.82) is 0 Å². The van der Waals surface area contributed by atoms with E-state index < -0.39 is 0 Å². The van der Waals surface area contributed by atoms with Crippen molar-refractivity contribution in [2.24, 2.45) is 11.3 Å². The summed E-state index contributed by atoms with van der Waals surface area (Å²) in [6.45, 7) is 4.19. The highest BCUT2D eigenvalue weighted by Crippen LogP contribution is 2.53. The number of carbonyl (C=O) groups excluding carboxylic acids is 1. The van der Waals surface area contributed by atoms with Gasteiger partial charge in [-0.15, -0.1) is 0 Å². The number of ketones is 1. The summed E-state index contributed by atoms with van der Waals surface area (Å²) < 4.78 is 0. The van der Waals surface area contributed by atoms with Gasteiger partial charge in [-0.05, 0) is 50.3 Å². The first-order valence-corrected chi connectivity index (χ1v) is 7.57. The highest BCUT2D eigenvalue weighted by Gasteiger charge is 2.51. The largest absolute Gasteiger partial charge is 0.317 e. The second-order valence-electron chi connectivity index (χ2n) is 6.11. The molecular formula is C17H23NO. The summed E-state index contributed by atoms with van der Waals surface area (Å²) in [6, 6.07) is 10.5. The first kappa shape index (κ1) is 12.9. The van der Waals surface area contributed by atoms with Gasteiger partial charge in [0.05, 0.1) is 0 Å². The van der Waals surface area contributed by atoms with Gasteiger partial charge in [0.25, 0.3) is 0 Å². The maximum Gasteiger partial charge on any atom is 0.142 e. The second-order valence-corrected chi connectivity index (χ2v) is 6.11. The van der Waals surface area contributed by atoms with Crippen LogP contribution in [0.2, 0.25) is 0 Å². The van der Waals surface area contributed by atoms with Gasteiger partial charge in [-0.25, -0.2) is 0 Å². The van der Waals surface area contributed by atoms with Crippen LogP contribution in [0.1, 0.15) is 44.1 Å². The number of piperidine rings is 1. The van der Waals surface area contributed by atoms with Gasteiger partial charge in [-0.1, -0.05) is 37.3 Å². The zero-order valence-corrected chi connectivity index (χ0v) is 11.7. The van der Waals surface area contributed by atoms with E-state index in [1.165, 1.54) is 5.56 Å². The summed E-state index contributed by atoms with van der Waals surface area (Å²) in [6.07, 6.45) is 4.13. The minimum absolute atomic E-state index is 0.0283. The van der Waals surface area contributed by atoms with Crippen LogP contribution in [0.3, 0.4) is 0 Å². The van der Waals surface area contributed by atoms with E-state index in [9.17, 15) is 4.79 Å². The summed E-state index contributed by atoms with van der Waals surface area (Å²) in [7, 11) is 0. The van der Waals surface area contributed by atoms with Crippen LogP contribution in [-0.4, -0.2) is 18.9 Å². The van der Waals surface area contributed by atoms with E-state index >= 15 is 0 Å². The number of hydrogen-bond donors (Lipinski definition) is 1. The van der Waals surface area contributed by atoms with Gasteiger partial charge in [0.1, 0.15) is 5.78 Å². The van der Waals surface area contributed by atoms with Gasteiger partial charge in [0.15, 0.2) is 0 Å². The molecule has 1 aliphatic heterocycles. The van der Waals surface area contributed by atoms with Crippen LogP contribution >= 0.6 is 0 Å². The molecule has 1 aromatic carbocycles. The van der Waals surface area contributed by atoms with Gasteiger partial charge < -0.3 is 5.32 Å². The minimum Gasteiger partial charge on any atom is -0.317 e. The van der Waals surface area contributed by atoms with E-state index in [4.69, 9.17) is 0 Å². The zero-order chi connectivity index (χ0) is 13.3. The van der Waals surface area contributed by atoms with E-state index in [1.54, 1.807) is 0 Å². The molecule has 2 atom stereocenters. The lowest BCUT2D eigenvalue weighted by Crippen LogP contribution is -2.42. The summed E-state index contributed by atoms with van der Waals surface area (Å²) in [5.41, 5.74) is 1.32. The molecule has 1 heterocycles. The van der Waals surface area contributed by atoms with Gasteiger partial charge in [0, 0.05) is 11.3 Å². The quantitative estimate of drug-likeness (QED) is 0.898. The molecule has 1 saturated heterocycles. The predicted octanol–water partition coefficient (Wildman–Crippen LogP) is 3.14. The maximum atomic E-state index is 12.9. The highest BCUT2D eigenvalue weighted by molar-refractivity contribution is 5.90. The van der Waals surface area contributed by atoms with Crippen LogP contribution in [0.4, 0.5) is 0 Å². The SMILES string of the molecule is CCC1(C(=O)C2CC2c2ccccc2)CCNCC1. The number of nitrogens with one attached hydrogen (secondary N) is 1. The molecule has 1 aromatic rings. The smallest absolute Gasteiger partial charge is 0.142 e. The molecule has 0 radical (unpaired) electrons. The Kier molecular flexibility index (Phi) is 3.44. The molecule has 102 valence electrons.